The Kier molecular flexibility index (Phi) is 6.42. The molecule has 0 saturated heterocycles. The van der Waals surface area contributed by atoms with Gasteiger partial charge >= 0.3 is 0 Å². The quantitative estimate of drug-likeness (QED) is 0.337. The highest BCUT2D eigenvalue weighted by molar-refractivity contribution is 7.98. The number of thioether (sulfide) groups is 1. The van der Waals surface area contributed by atoms with E-state index in [1.54, 1.807) is 24.3 Å². The van der Waals surface area contributed by atoms with Gasteiger partial charge in [0.15, 0.2) is 0 Å². The van der Waals surface area contributed by atoms with Crippen molar-refractivity contribution in [3.05, 3.63) is 101 Å². The normalized spacial score (nSPS) is 10.7. The Bertz CT molecular complexity index is 1230. The summed E-state index contributed by atoms with van der Waals surface area (Å²) >= 11 is 1.52. The Morgan fingerprint density at radius 2 is 1.53 bits per heavy atom. The van der Waals surface area contributed by atoms with E-state index in [9.17, 15) is 9.59 Å². The molecule has 4 rings (SSSR count). The maximum atomic E-state index is 12.8. The van der Waals surface area contributed by atoms with Gasteiger partial charge < -0.3 is 9.09 Å². The van der Waals surface area contributed by atoms with Crippen molar-refractivity contribution in [3.63, 3.8) is 0 Å². The van der Waals surface area contributed by atoms with Crippen LogP contribution in [-0.4, -0.2) is 21.5 Å². The van der Waals surface area contributed by atoms with E-state index in [4.69, 9.17) is 4.52 Å². The minimum Gasteiger partial charge on any atom is -0.361 e. The third-order valence-corrected chi connectivity index (χ3v) is 6.11. The van der Waals surface area contributed by atoms with E-state index in [1.165, 1.54) is 11.8 Å². The number of carbonyl (C=O) groups excluding carboxylic acids is 2. The number of nitrogens with zero attached hydrogens (tertiary/aromatic N) is 2. The largest absolute Gasteiger partial charge is 0.361 e. The van der Waals surface area contributed by atoms with Gasteiger partial charge in [-0.1, -0.05) is 29.4 Å². The molecule has 0 fully saturated rings. The Morgan fingerprint density at radius 3 is 2.22 bits per heavy atom. The van der Waals surface area contributed by atoms with Crippen molar-refractivity contribution < 1.29 is 14.1 Å². The number of aryl methyl sites for hydroxylation is 2. The molecule has 2 amide bonds. The van der Waals surface area contributed by atoms with Gasteiger partial charge in [0, 0.05) is 28.6 Å². The molecule has 0 bridgehead atoms. The van der Waals surface area contributed by atoms with Crippen molar-refractivity contribution in [2.45, 2.75) is 24.5 Å². The van der Waals surface area contributed by atoms with Crippen LogP contribution in [0.2, 0.25) is 0 Å². The molecule has 0 aliphatic carbocycles. The van der Waals surface area contributed by atoms with Gasteiger partial charge in [-0.25, -0.2) is 0 Å². The van der Waals surface area contributed by atoms with E-state index in [0.29, 0.717) is 16.9 Å². The lowest BCUT2D eigenvalue weighted by Gasteiger charge is -2.13. The zero-order chi connectivity index (χ0) is 22.5. The van der Waals surface area contributed by atoms with Crippen LogP contribution in [0.4, 0.5) is 0 Å². The van der Waals surface area contributed by atoms with E-state index in [0.717, 1.165) is 27.6 Å². The Labute approximate surface area is 189 Å². The van der Waals surface area contributed by atoms with Crippen LogP contribution in [0.15, 0.2) is 82.5 Å². The number of amides is 2. The van der Waals surface area contributed by atoms with Crippen molar-refractivity contribution in [1.82, 2.24) is 20.6 Å². The van der Waals surface area contributed by atoms with Crippen molar-refractivity contribution in [3.8, 4) is 5.69 Å². The number of carbonyl (C=O) groups is 2. The zero-order valence-corrected chi connectivity index (χ0v) is 18.5. The van der Waals surface area contributed by atoms with Crippen molar-refractivity contribution in [2.75, 3.05) is 0 Å². The molecule has 2 N–H and O–H groups in total. The first kappa shape index (κ1) is 21.5. The standard InChI is InChI=1S/C24H22N4O3S/c1-16-20(17(2)31-27-16)15-32-22-12-6-4-10-19(22)24(30)26-25-23(29)18-9-3-5-11-21(18)28-13-7-8-14-28/h3-14H,15H2,1-2H3,(H,25,29)(H,26,30). The van der Waals surface area contributed by atoms with Crippen LogP contribution in [0.3, 0.4) is 0 Å². The fraction of sp³-hybridized carbons (Fsp3) is 0.125. The number of nitrogens with one attached hydrogen (secondary N) is 2. The fourth-order valence-corrected chi connectivity index (χ4v) is 4.48. The molecule has 0 unspecified atom stereocenters. The molecule has 2 aromatic carbocycles. The van der Waals surface area contributed by atoms with Crippen LogP contribution < -0.4 is 10.9 Å². The molecule has 4 aromatic rings. The number of hydrazine groups is 1. The molecule has 8 heteroatoms. The van der Waals surface area contributed by atoms with Crippen LogP contribution >= 0.6 is 11.8 Å². The predicted octanol–water partition coefficient (Wildman–Crippen LogP) is 4.45. The van der Waals surface area contributed by atoms with Gasteiger partial charge in [-0.3, -0.25) is 20.4 Å². The van der Waals surface area contributed by atoms with Crippen molar-refractivity contribution in [2.24, 2.45) is 0 Å². The number of aromatic nitrogens is 2. The predicted molar refractivity (Wildman–Crippen MR) is 123 cm³/mol. The lowest BCUT2D eigenvalue weighted by molar-refractivity contribution is 0.0845. The molecule has 0 aliphatic heterocycles. The van der Waals surface area contributed by atoms with Crippen molar-refractivity contribution in [1.29, 1.82) is 0 Å². The second kappa shape index (κ2) is 9.57. The van der Waals surface area contributed by atoms with Gasteiger partial charge in [0.25, 0.3) is 11.8 Å². The van der Waals surface area contributed by atoms with Gasteiger partial charge in [0.2, 0.25) is 0 Å². The van der Waals surface area contributed by atoms with E-state index in [-0.39, 0.29) is 0 Å². The highest BCUT2D eigenvalue weighted by Gasteiger charge is 2.17. The van der Waals surface area contributed by atoms with Crippen LogP contribution in [0, 0.1) is 13.8 Å². The Morgan fingerprint density at radius 1 is 0.906 bits per heavy atom. The summed E-state index contributed by atoms with van der Waals surface area (Å²) in [7, 11) is 0. The lowest BCUT2D eigenvalue weighted by Crippen LogP contribution is -2.42. The summed E-state index contributed by atoms with van der Waals surface area (Å²) in [6.07, 6.45) is 3.72. The maximum Gasteiger partial charge on any atom is 0.271 e. The highest BCUT2D eigenvalue weighted by Crippen LogP contribution is 2.28. The van der Waals surface area contributed by atoms with Crippen LogP contribution in [0.5, 0.6) is 0 Å². The molecular formula is C24H22N4O3S. The van der Waals surface area contributed by atoms with Crippen LogP contribution in [0.25, 0.3) is 5.69 Å². The zero-order valence-electron chi connectivity index (χ0n) is 17.7. The first-order chi connectivity index (χ1) is 15.5. The number of hydrogen-bond donors (Lipinski definition) is 2. The molecule has 2 heterocycles. The molecule has 0 aliphatic rings. The molecule has 32 heavy (non-hydrogen) atoms. The highest BCUT2D eigenvalue weighted by atomic mass is 32.2. The topological polar surface area (TPSA) is 89.2 Å². The monoisotopic (exact) mass is 446 g/mol. The minimum atomic E-state index is -0.400. The smallest absolute Gasteiger partial charge is 0.271 e. The molecular weight excluding hydrogens is 424 g/mol. The number of para-hydroxylation sites is 1. The van der Waals surface area contributed by atoms with Crippen LogP contribution in [0.1, 0.15) is 37.7 Å². The Balaban J connectivity index is 1.45. The molecule has 0 radical (unpaired) electrons. The van der Waals surface area contributed by atoms with Crippen molar-refractivity contribution >= 4 is 23.6 Å². The first-order valence-electron chi connectivity index (χ1n) is 10.0. The van der Waals surface area contributed by atoms with E-state index >= 15 is 0 Å². The molecule has 7 nitrogen and oxygen atoms in total. The summed E-state index contributed by atoms with van der Waals surface area (Å²) in [6.45, 7) is 3.77. The molecule has 162 valence electrons. The van der Waals surface area contributed by atoms with Gasteiger partial charge in [-0.15, -0.1) is 11.8 Å². The lowest BCUT2D eigenvalue weighted by atomic mass is 10.1. The second-order valence-corrected chi connectivity index (χ2v) is 8.12. The summed E-state index contributed by atoms with van der Waals surface area (Å²) in [4.78, 5) is 26.4. The summed E-state index contributed by atoms with van der Waals surface area (Å²) in [5.41, 5.74) is 8.56. The molecule has 0 atom stereocenters. The minimum absolute atomic E-state index is 0.390. The number of rotatable bonds is 6. The summed E-state index contributed by atoms with van der Waals surface area (Å²) in [5.74, 6) is 0.606. The average Bonchev–Trinajstić information content (AvgIpc) is 3.46. The van der Waals surface area contributed by atoms with Gasteiger partial charge in [0.05, 0.1) is 22.5 Å². The third kappa shape index (κ3) is 4.60. The van der Waals surface area contributed by atoms with Gasteiger partial charge in [0.1, 0.15) is 5.76 Å². The van der Waals surface area contributed by atoms with Crippen LogP contribution in [-0.2, 0) is 5.75 Å². The van der Waals surface area contributed by atoms with Gasteiger partial charge in [-0.05, 0) is 50.2 Å². The molecule has 0 saturated carbocycles. The number of hydrogen-bond acceptors (Lipinski definition) is 5. The first-order valence-corrected chi connectivity index (χ1v) is 11.0. The maximum absolute atomic E-state index is 12.8. The van der Waals surface area contributed by atoms with E-state index in [2.05, 4.69) is 16.0 Å². The van der Waals surface area contributed by atoms with Gasteiger partial charge in [-0.2, -0.15) is 0 Å². The summed E-state index contributed by atoms with van der Waals surface area (Å²) < 4.78 is 7.06. The summed E-state index contributed by atoms with van der Waals surface area (Å²) in [5, 5.41) is 3.97. The number of benzene rings is 2. The SMILES string of the molecule is Cc1noc(C)c1CSc1ccccc1C(=O)NNC(=O)c1ccccc1-n1cccc1. The third-order valence-electron chi connectivity index (χ3n) is 5.01. The van der Waals surface area contributed by atoms with E-state index in [1.807, 2.05) is 67.2 Å². The average molecular weight is 447 g/mol. The van der Waals surface area contributed by atoms with E-state index < -0.39 is 11.8 Å². The fourth-order valence-electron chi connectivity index (χ4n) is 3.27. The summed E-state index contributed by atoms with van der Waals surface area (Å²) in [6, 6.07) is 18.2. The Hall–Kier alpha value is -3.78. The second-order valence-electron chi connectivity index (χ2n) is 7.10. The molecule has 2 aromatic heterocycles. The molecule has 0 spiro atoms.